The smallest absolute Gasteiger partial charge is 0.137 e. The molecule has 1 aliphatic carbocycles. The van der Waals surface area contributed by atoms with Gasteiger partial charge in [-0.1, -0.05) is 28.8 Å². The predicted molar refractivity (Wildman–Crippen MR) is 92.9 cm³/mol. The van der Waals surface area contributed by atoms with Gasteiger partial charge >= 0.3 is 0 Å². The van der Waals surface area contributed by atoms with Crippen LogP contribution in [0, 0.1) is 5.92 Å². The molecule has 0 amide bonds. The molecule has 2 aromatic rings. The highest BCUT2D eigenvalue weighted by molar-refractivity contribution is 9.10. The van der Waals surface area contributed by atoms with Gasteiger partial charge < -0.3 is 10.4 Å². The Morgan fingerprint density at radius 2 is 2.09 bits per heavy atom. The van der Waals surface area contributed by atoms with Crippen molar-refractivity contribution in [2.24, 2.45) is 5.92 Å². The van der Waals surface area contributed by atoms with Crippen molar-refractivity contribution in [1.82, 2.24) is 9.97 Å². The van der Waals surface area contributed by atoms with Gasteiger partial charge in [-0.2, -0.15) is 0 Å². The van der Waals surface area contributed by atoms with E-state index in [2.05, 4.69) is 31.2 Å². The molecule has 0 aliphatic heterocycles. The van der Waals surface area contributed by atoms with Crippen molar-refractivity contribution in [3.8, 4) is 0 Å². The normalized spacial score (nSPS) is 21.9. The minimum absolute atomic E-state index is 0.0930. The van der Waals surface area contributed by atoms with Gasteiger partial charge in [0.15, 0.2) is 0 Å². The number of benzene rings is 1. The maximum absolute atomic E-state index is 10.0. The van der Waals surface area contributed by atoms with E-state index in [1.807, 2.05) is 18.2 Å². The van der Waals surface area contributed by atoms with E-state index in [0.717, 1.165) is 47.0 Å². The second-order valence-electron chi connectivity index (χ2n) is 6.06. The molecule has 2 atom stereocenters. The first kappa shape index (κ1) is 15.7. The number of hydrogen-bond donors (Lipinski definition) is 2. The maximum atomic E-state index is 10.0. The number of aliphatic hydroxyl groups is 1. The van der Waals surface area contributed by atoms with Gasteiger partial charge in [-0.3, -0.25) is 0 Å². The van der Waals surface area contributed by atoms with E-state index >= 15 is 0 Å². The average Bonchev–Trinajstić information content (AvgIpc) is 2.53. The number of nitrogens with one attached hydrogen (secondary N) is 1. The summed E-state index contributed by atoms with van der Waals surface area (Å²) in [4.78, 5) is 8.64. The molecular formula is C17H22BrN3O. The molecule has 118 valence electrons. The Morgan fingerprint density at radius 3 is 2.95 bits per heavy atom. The molecule has 1 aliphatic rings. The lowest BCUT2D eigenvalue weighted by atomic mass is 9.83. The minimum atomic E-state index is -0.0930. The summed E-state index contributed by atoms with van der Waals surface area (Å²) in [6, 6.07) is 6.02. The average molecular weight is 364 g/mol. The molecule has 5 heteroatoms. The molecule has 0 saturated heterocycles. The molecule has 2 N–H and O–H groups in total. The first-order valence-corrected chi connectivity index (χ1v) is 8.85. The van der Waals surface area contributed by atoms with E-state index in [9.17, 15) is 5.11 Å². The molecule has 1 fully saturated rings. The van der Waals surface area contributed by atoms with Crippen LogP contribution in [-0.2, 0) is 0 Å². The van der Waals surface area contributed by atoms with E-state index < -0.39 is 0 Å². The summed E-state index contributed by atoms with van der Waals surface area (Å²) in [6.45, 7) is 0.877. The second-order valence-corrected chi connectivity index (χ2v) is 6.98. The third kappa shape index (κ3) is 3.76. The van der Waals surface area contributed by atoms with Crippen molar-refractivity contribution in [1.29, 1.82) is 0 Å². The Kier molecular flexibility index (Phi) is 5.26. The number of rotatable bonds is 5. The van der Waals surface area contributed by atoms with E-state index in [-0.39, 0.29) is 6.10 Å². The van der Waals surface area contributed by atoms with Gasteiger partial charge in [0.1, 0.15) is 12.1 Å². The molecule has 1 aromatic heterocycles. The van der Waals surface area contributed by atoms with Crippen LogP contribution in [0.3, 0.4) is 0 Å². The fourth-order valence-corrected chi connectivity index (χ4v) is 3.63. The van der Waals surface area contributed by atoms with E-state index in [4.69, 9.17) is 0 Å². The Morgan fingerprint density at radius 1 is 1.23 bits per heavy atom. The predicted octanol–water partition coefficient (Wildman–Crippen LogP) is 4.14. The molecular weight excluding hydrogens is 342 g/mol. The van der Waals surface area contributed by atoms with Crippen molar-refractivity contribution in [3.05, 3.63) is 29.0 Å². The van der Waals surface area contributed by atoms with Gasteiger partial charge in [0.2, 0.25) is 0 Å². The highest BCUT2D eigenvalue weighted by Gasteiger charge is 2.22. The minimum Gasteiger partial charge on any atom is -0.393 e. The monoisotopic (exact) mass is 363 g/mol. The Balaban J connectivity index is 1.56. The highest BCUT2D eigenvalue weighted by Crippen LogP contribution is 2.28. The van der Waals surface area contributed by atoms with Gasteiger partial charge in [0.25, 0.3) is 0 Å². The molecule has 1 saturated carbocycles. The molecule has 1 heterocycles. The molecule has 4 nitrogen and oxygen atoms in total. The van der Waals surface area contributed by atoms with Crippen molar-refractivity contribution >= 4 is 32.7 Å². The summed E-state index contributed by atoms with van der Waals surface area (Å²) in [5.74, 6) is 1.36. The molecule has 0 radical (unpaired) electrons. The third-order valence-electron chi connectivity index (χ3n) is 4.51. The SMILES string of the molecule is OC1CCCCC1CCCNc1ncnc2ccc(Br)cc12. The van der Waals surface area contributed by atoms with Crippen LogP contribution in [0.1, 0.15) is 38.5 Å². The molecule has 3 rings (SSSR count). The summed E-state index contributed by atoms with van der Waals surface area (Å²) in [5.41, 5.74) is 0.948. The lowest BCUT2D eigenvalue weighted by molar-refractivity contribution is 0.0648. The zero-order valence-corrected chi connectivity index (χ0v) is 14.2. The molecule has 1 aromatic carbocycles. The van der Waals surface area contributed by atoms with Crippen molar-refractivity contribution in [3.63, 3.8) is 0 Å². The van der Waals surface area contributed by atoms with Gasteiger partial charge in [0.05, 0.1) is 11.6 Å². The van der Waals surface area contributed by atoms with Crippen LogP contribution in [0.4, 0.5) is 5.82 Å². The summed E-state index contributed by atoms with van der Waals surface area (Å²) >= 11 is 3.50. The van der Waals surface area contributed by atoms with Crippen LogP contribution < -0.4 is 5.32 Å². The van der Waals surface area contributed by atoms with Crippen LogP contribution in [0.25, 0.3) is 10.9 Å². The summed E-state index contributed by atoms with van der Waals surface area (Å²) < 4.78 is 1.03. The lowest BCUT2D eigenvalue weighted by Crippen LogP contribution is -2.24. The zero-order valence-electron chi connectivity index (χ0n) is 12.6. The van der Waals surface area contributed by atoms with Crippen molar-refractivity contribution in [2.75, 3.05) is 11.9 Å². The Bertz CT molecular complexity index is 634. The van der Waals surface area contributed by atoms with Gasteiger partial charge in [-0.05, 0) is 49.8 Å². The second kappa shape index (κ2) is 7.38. The van der Waals surface area contributed by atoms with Gasteiger partial charge in [-0.25, -0.2) is 9.97 Å². The Hall–Kier alpha value is -1.20. The number of aliphatic hydroxyl groups excluding tert-OH is 1. The Labute approximate surface area is 139 Å². The van der Waals surface area contributed by atoms with Gasteiger partial charge in [-0.15, -0.1) is 0 Å². The van der Waals surface area contributed by atoms with Crippen LogP contribution in [0.2, 0.25) is 0 Å². The molecule has 22 heavy (non-hydrogen) atoms. The third-order valence-corrected chi connectivity index (χ3v) is 5.00. The molecule has 0 spiro atoms. The van der Waals surface area contributed by atoms with Gasteiger partial charge in [0, 0.05) is 16.4 Å². The maximum Gasteiger partial charge on any atom is 0.137 e. The van der Waals surface area contributed by atoms with Crippen LogP contribution in [0.5, 0.6) is 0 Å². The standard InChI is InChI=1S/C17H22BrN3O/c18-13-7-8-15-14(10-13)17(21-11-20-15)19-9-3-5-12-4-1-2-6-16(12)22/h7-8,10-12,16,22H,1-6,9H2,(H,19,20,21). The number of halogens is 1. The van der Waals surface area contributed by atoms with Crippen molar-refractivity contribution in [2.45, 2.75) is 44.6 Å². The summed E-state index contributed by atoms with van der Waals surface area (Å²) in [6.07, 6.45) is 8.24. The topological polar surface area (TPSA) is 58.0 Å². The number of anilines is 1. The number of hydrogen-bond acceptors (Lipinski definition) is 4. The molecule has 0 bridgehead atoms. The van der Waals surface area contributed by atoms with Crippen LogP contribution >= 0.6 is 15.9 Å². The lowest BCUT2D eigenvalue weighted by Gasteiger charge is -2.27. The summed E-state index contributed by atoms with van der Waals surface area (Å²) in [7, 11) is 0. The number of aromatic nitrogens is 2. The highest BCUT2D eigenvalue weighted by atomic mass is 79.9. The van der Waals surface area contributed by atoms with E-state index in [1.54, 1.807) is 6.33 Å². The largest absolute Gasteiger partial charge is 0.393 e. The zero-order chi connectivity index (χ0) is 15.4. The fraction of sp³-hybridized carbons (Fsp3) is 0.529. The first-order valence-electron chi connectivity index (χ1n) is 8.06. The fourth-order valence-electron chi connectivity index (χ4n) is 3.27. The number of nitrogens with zero attached hydrogens (tertiary/aromatic N) is 2. The first-order chi connectivity index (χ1) is 10.7. The van der Waals surface area contributed by atoms with Crippen LogP contribution in [-0.4, -0.2) is 27.7 Å². The number of fused-ring (bicyclic) bond motifs is 1. The quantitative estimate of drug-likeness (QED) is 0.783. The van der Waals surface area contributed by atoms with Crippen LogP contribution in [0.15, 0.2) is 29.0 Å². The summed E-state index contributed by atoms with van der Waals surface area (Å²) in [5, 5.41) is 14.5. The van der Waals surface area contributed by atoms with E-state index in [0.29, 0.717) is 5.92 Å². The molecule has 2 unspecified atom stereocenters. The van der Waals surface area contributed by atoms with Crippen molar-refractivity contribution < 1.29 is 5.11 Å². The van der Waals surface area contributed by atoms with E-state index in [1.165, 1.54) is 19.3 Å².